The molecule has 1 rings (SSSR count). The van der Waals surface area contributed by atoms with E-state index in [-0.39, 0.29) is 30.7 Å². The zero-order chi connectivity index (χ0) is 14.4. The van der Waals surface area contributed by atoms with Crippen LogP contribution in [0.15, 0.2) is 0 Å². The average molecular weight is 272 g/mol. The van der Waals surface area contributed by atoms with Gasteiger partial charge in [0.15, 0.2) is 0 Å². The quantitative estimate of drug-likeness (QED) is 0.536. The molecule has 7 heteroatoms. The molecule has 0 bridgehead atoms. The van der Waals surface area contributed by atoms with E-state index in [0.29, 0.717) is 12.8 Å². The van der Waals surface area contributed by atoms with E-state index in [9.17, 15) is 14.4 Å². The Hall–Kier alpha value is -1.63. The zero-order valence-corrected chi connectivity index (χ0v) is 10.7. The standard InChI is InChI=1S/C12H20N2O5/c13-8-3-1-2-7(6-8)11(17)14-9(12(18)19)4-5-10(15)16/h7-9H,1-6,13H2,(H,14,17)(H,15,16)(H,18,19). The van der Waals surface area contributed by atoms with Crippen LogP contribution in [-0.4, -0.2) is 40.1 Å². The molecule has 1 fully saturated rings. The first-order valence-corrected chi connectivity index (χ1v) is 6.40. The van der Waals surface area contributed by atoms with Gasteiger partial charge in [-0.15, -0.1) is 0 Å². The SMILES string of the molecule is NC1CCCC(C(=O)NC(CCC(=O)O)C(=O)O)C1. The molecule has 0 aliphatic heterocycles. The summed E-state index contributed by atoms with van der Waals surface area (Å²) in [7, 11) is 0. The van der Waals surface area contributed by atoms with Crippen LogP contribution in [0.25, 0.3) is 0 Å². The van der Waals surface area contributed by atoms with Crippen LogP contribution in [0.2, 0.25) is 0 Å². The van der Waals surface area contributed by atoms with Crippen molar-refractivity contribution in [3.05, 3.63) is 0 Å². The van der Waals surface area contributed by atoms with Crippen LogP contribution in [-0.2, 0) is 14.4 Å². The second-order valence-corrected chi connectivity index (χ2v) is 4.96. The van der Waals surface area contributed by atoms with Gasteiger partial charge in [0.1, 0.15) is 6.04 Å². The highest BCUT2D eigenvalue weighted by molar-refractivity contribution is 5.85. The van der Waals surface area contributed by atoms with Gasteiger partial charge in [0.05, 0.1) is 0 Å². The smallest absolute Gasteiger partial charge is 0.326 e. The van der Waals surface area contributed by atoms with Gasteiger partial charge in [0, 0.05) is 18.4 Å². The maximum absolute atomic E-state index is 11.9. The number of hydrogen-bond donors (Lipinski definition) is 4. The second kappa shape index (κ2) is 7.08. The van der Waals surface area contributed by atoms with Crippen LogP contribution in [0.3, 0.4) is 0 Å². The van der Waals surface area contributed by atoms with E-state index in [1.54, 1.807) is 0 Å². The fourth-order valence-corrected chi connectivity index (χ4v) is 2.28. The van der Waals surface area contributed by atoms with E-state index in [1.807, 2.05) is 0 Å². The summed E-state index contributed by atoms with van der Waals surface area (Å²) in [6, 6.07) is -1.17. The molecule has 0 aromatic carbocycles. The molecule has 0 heterocycles. The lowest BCUT2D eigenvalue weighted by atomic mass is 9.85. The molecular formula is C12H20N2O5. The molecule has 5 N–H and O–H groups in total. The first kappa shape index (κ1) is 15.4. The van der Waals surface area contributed by atoms with Crippen LogP contribution in [0, 0.1) is 5.92 Å². The summed E-state index contributed by atoms with van der Waals surface area (Å²) in [5.41, 5.74) is 5.78. The Labute approximate surface area is 111 Å². The lowest BCUT2D eigenvalue weighted by Gasteiger charge is -2.26. The Bertz CT molecular complexity index is 358. The number of hydrogen-bond acceptors (Lipinski definition) is 4. The van der Waals surface area contributed by atoms with E-state index < -0.39 is 18.0 Å². The zero-order valence-electron chi connectivity index (χ0n) is 10.7. The normalized spacial score (nSPS) is 24.5. The number of carbonyl (C=O) groups is 3. The molecule has 1 amide bonds. The Kier molecular flexibility index (Phi) is 5.75. The molecule has 1 saturated carbocycles. The third kappa shape index (κ3) is 5.25. The van der Waals surface area contributed by atoms with Gasteiger partial charge < -0.3 is 21.3 Å². The predicted octanol–water partition coefficient (Wildman–Crippen LogP) is -0.0619. The summed E-state index contributed by atoms with van der Waals surface area (Å²) in [5.74, 6) is -2.90. The monoisotopic (exact) mass is 272 g/mol. The molecule has 0 saturated heterocycles. The Balaban J connectivity index is 2.50. The molecule has 3 unspecified atom stereocenters. The van der Waals surface area contributed by atoms with Gasteiger partial charge >= 0.3 is 11.9 Å². The van der Waals surface area contributed by atoms with Gasteiger partial charge in [0.25, 0.3) is 0 Å². The van der Waals surface area contributed by atoms with Crippen molar-refractivity contribution in [2.24, 2.45) is 11.7 Å². The molecular weight excluding hydrogens is 252 g/mol. The molecule has 108 valence electrons. The Morgan fingerprint density at radius 3 is 2.47 bits per heavy atom. The highest BCUT2D eigenvalue weighted by atomic mass is 16.4. The molecule has 19 heavy (non-hydrogen) atoms. The summed E-state index contributed by atoms with van der Waals surface area (Å²) < 4.78 is 0. The van der Waals surface area contributed by atoms with Crippen molar-refractivity contribution in [2.75, 3.05) is 0 Å². The summed E-state index contributed by atoms with van der Waals surface area (Å²) in [4.78, 5) is 33.3. The van der Waals surface area contributed by atoms with Crippen molar-refractivity contribution in [3.63, 3.8) is 0 Å². The van der Waals surface area contributed by atoms with Crippen molar-refractivity contribution < 1.29 is 24.6 Å². The number of nitrogens with two attached hydrogens (primary N) is 1. The van der Waals surface area contributed by atoms with Gasteiger partial charge in [-0.3, -0.25) is 9.59 Å². The van der Waals surface area contributed by atoms with Crippen molar-refractivity contribution in [2.45, 2.75) is 50.6 Å². The summed E-state index contributed by atoms with van der Waals surface area (Å²) in [6.45, 7) is 0. The lowest BCUT2D eigenvalue weighted by Crippen LogP contribution is -2.45. The van der Waals surface area contributed by atoms with Crippen molar-refractivity contribution in [3.8, 4) is 0 Å². The van der Waals surface area contributed by atoms with E-state index in [2.05, 4.69) is 5.32 Å². The fourth-order valence-electron chi connectivity index (χ4n) is 2.28. The maximum Gasteiger partial charge on any atom is 0.326 e. The highest BCUT2D eigenvalue weighted by Gasteiger charge is 2.28. The number of nitrogens with one attached hydrogen (secondary N) is 1. The van der Waals surface area contributed by atoms with Crippen LogP contribution in [0.1, 0.15) is 38.5 Å². The van der Waals surface area contributed by atoms with Crippen LogP contribution < -0.4 is 11.1 Å². The fraction of sp³-hybridized carbons (Fsp3) is 0.750. The van der Waals surface area contributed by atoms with E-state index >= 15 is 0 Å². The first-order valence-electron chi connectivity index (χ1n) is 6.40. The van der Waals surface area contributed by atoms with E-state index in [0.717, 1.165) is 12.8 Å². The average Bonchev–Trinajstić information content (AvgIpc) is 2.33. The van der Waals surface area contributed by atoms with Crippen molar-refractivity contribution in [1.29, 1.82) is 0 Å². The minimum atomic E-state index is -1.21. The minimum absolute atomic E-state index is 0.0215. The molecule has 3 atom stereocenters. The van der Waals surface area contributed by atoms with Crippen LogP contribution in [0.5, 0.6) is 0 Å². The predicted molar refractivity (Wildman–Crippen MR) is 66.4 cm³/mol. The largest absolute Gasteiger partial charge is 0.481 e. The molecule has 0 radical (unpaired) electrons. The molecule has 0 aromatic heterocycles. The molecule has 0 aromatic rings. The van der Waals surface area contributed by atoms with Crippen molar-refractivity contribution >= 4 is 17.8 Å². The molecule has 7 nitrogen and oxygen atoms in total. The highest BCUT2D eigenvalue weighted by Crippen LogP contribution is 2.23. The van der Waals surface area contributed by atoms with Gasteiger partial charge in [-0.05, 0) is 25.7 Å². The molecule has 1 aliphatic carbocycles. The number of aliphatic carboxylic acids is 2. The lowest BCUT2D eigenvalue weighted by molar-refractivity contribution is -0.143. The van der Waals surface area contributed by atoms with Gasteiger partial charge in [-0.1, -0.05) is 6.42 Å². The number of carboxylic acid groups (broad SMARTS) is 2. The topological polar surface area (TPSA) is 130 Å². The summed E-state index contributed by atoms with van der Waals surface area (Å²) in [5, 5.41) is 19.9. The number of carboxylic acids is 2. The third-order valence-electron chi connectivity index (χ3n) is 3.35. The van der Waals surface area contributed by atoms with Gasteiger partial charge in [-0.25, -0.2) is 4.79 Å². The second-order valence-electron chi connectivity index (χ2n) is 4.96. The van der Waals surface area contributed by atoms with E-state index in [4.69, 9.17) is 15.9 Å². The van der Waals surface area contributed by atoms with Crippen molar-refractivity contribution in [1.82, 2.24) is 5.32 Å². The van der Waals surface area contributed by atoms with E-state index in [1.165, 1.54) is 0 Å². The summed E-state index contributed by atoms with van der Waals surface area (Å²) in [6.07, 6.45) is 2.58. The Morgan fingerprint density at radius 1 is 1.26 bits per heavy atom. The maximum atomic E-state index is 11.9. The molecule has 1 aliphatic rings. The van der Waals surface area contributed by atoms with Gasteiger partial charge in [0.2, 0.25) is 5.91 Å². The number of rotatable bonds is 6. The van der Waals surface area contributed by atoms with Crippen LogP contribution >= 0.6 is 0 Å². The van der Waals surface area contributed by atoms with Gasteiger partial charge in [-0.2, -0.15) is 0 Å². The summed E-state index contributed by atoms with van der Waals surface area (Å²) >= 11 is 0. The number of amides is 1. The molecule has 0 spiro atoms. The third-order valence-corrected chi connectivity index (χ3v) is 3.35. The number of carbonyl (C=O) groups excluding carboxylic acids is 1. The Morgan fingerprint density at radius 2 is 1.95 bits per heavy atom. The van der Waals surface area contributed by atoms with Crippen LogP contribution in [0.4, 0.5) is 0 Å². The first-order chi connectivity index (χ1) is 8.90. The minimum Gasteiger partial charge on any atom is -0.481 e.